The van der Waals surface area contributed by atoms with Gasteiger partial charge >= 0.3 is 13.0 Å². The average molecular weight is 476 g/mol. The van der Waals surface area contributed by atoms with E-state index in [0.29, 0.717) is 5.56 Å². The zero-order valence-corrected chi connectivity index (χ0v) is 15.5. The highest BCUT2D eigenvalue weighted by Crippen LogP contribution is 2.32. The van der Waals surface area contributed by atoms with Crippen LogP contribution in [-0.4, -0.2) is 21.4 Å². The molecule has 0 saturated carbocycles. The third kappa shape index (κ3) is 6.63. The Morgan fingerprint density at radius 2 is 1.70 bits per heavy atom. The van der Waals surface area contributed by atoms with Gasteiger partial charge in [0.1, 0.15) is 10.6 Å². The lowest BCUT2D eigenvalue weighted by atomic mass is 10.2. The molecule has 0 bridgehead atoms. The van der Waals surface area contributed by atoms with Crippen molar-refractivity contribution in [1.29, 1.82) is 0 Å². The number of benzene rings is 2. The van der Waals surface area contributed by atoms with Gasteiger partial charge in [-0.1, -0.05) is 28.1 Å². The topological polar surface area (TPSA) is 64.6 Å². The summed E-state index contributed by atoms with van der Waals surface area (Å²) in [5.41, 5.74) is 0.371. The average Bonchev–Trinajstić information content (AvgIpc) is 2.52. The normalized spacial score (nSPS) is 12.3. The number of hydrogen-bond donors (Lipinski definition) is 1. The van der Waals surface area contributed by atoms with Gasteiger partial charge in [-0.25, -0.2) is 13.1 Å². The highest BCUT2D eigenvalue weighted by atomic mass is 79.9. The first-order chi connectivity index (χ1) is 12.5. The van der Waals surface area contributed by atoms with Crippen LogP contribution in [0.4, 0.5) is 22.0 Å². The Labute approximate surface area is 159 Å². The molecule has 0 atom stereocenters. The Bertz CT molecular complexity index is 888. The van der Waals surface area contributed by atoms with Crippen molar-refractivity contribution in [3.63, 3.8) is 0 Å². The van der Waals surface area contributed by atoms with Crippen LogP contribution in [0.5, 0.6) is 11.5 Å². The van der Waals surface area contributed by atoms with Crippen molar-refractivity contribution in [3.05, 3.63) is 52.5 Å². The lowest BCUT2D eigenvalue weighted by Crippen LogP contribution is -2.25. The van der Waals surface area contributed by atoms with Gasteiger partial charge in [-0.2, -0.15) is 8.78 Å². The SMILES string of the molecule is O=S(=O)(NCc1ccc(OC(F)F)cc1)c1ccc(Br)cc1OC(F)(F)F. The van der Waals surface area contributed by atoms with E-state index in [2.05, 4.69) is 30.1 Å². The molecular weight excluding hydrogens is 465 g/mol. The first-order valence-corrected chi connectivity index (χ1v) is 9.32. The molecule has 0 saturated heterocycles. The van der Waals surface area contributed by atoms with Crippen LogP contribution in [0.1, 0.15) is 5.56 Å². The molecule has 27 heavy (non-hydrogen) atoms. The molecule has 0 aromatic heterocycles. The van der Waals surface area contributed by atoms with E-state index in [1.807, 2.05) is 0 Å². The number of ether oxygens (including phenoxy) is 2. The molecular formula is C15H11BrF5NO4S. The van der Waals surface area contributed by atoms with Gasteiger partial charge in [-0.05, 0) is 35.9 Å². The van der Waals surface area contributed by atoms with Crippen LogP contribution in [0.25, 0.3) is 0 Å². The van der Waals surface area contributed by atoms with Gasteiger partial charge in [0.2, 0.25) is 10.0 Å². The van der Waals surface area contributed by atoms with Crippen molar-refractivity contribution in [2.24, 2.45) is 0 Å². The molecule has 5 nitrogen and oxygen atoms in total. The highest BCUT2D eigenvalue weighted by molar-refractivity contribution is 9.10. The second kappa shape index (κ2) is 8.40. The number of nitrogens with one attached hydrogen (secondary N) is 1. The number of alkyl halides is 5. The van der Waals surface area contributed by atoms with Gasteiger partial charge in [0.05, 0.1) is 0 Å². The van der Waals surface area contributed by atoms with Gasteiger partial charge < -0.3 is 9.47 Å². The van der Waals surface area contributed by atoms with Crippen LogP contribution >= 0.6 is 15.9 Å². The Morgan fingerprint density at radius 1 is 1.07 bits per heavy atom. The minimum absolute atomic E-state index is 0.120. The zero-order valence-electron chi connectivity index (χ0n) is 13.1. The molecule has 0 aliphatic carbocycles. The Balaban J connectivity index is 2.17. The third-order valence-electron chi connectivity index (χ3n) is 3.04. The smallest absolute Gasteiger partial charge is 0.435 e. The summed E-state index contributed by atoms with van der Waals surface area (Å²) in [6.45, 7) is -3.29. The van der Waals surface area contributed by atoms with E-state index < -0.39 is 33.6 Å². The molecule has 0 fully saturated rings. The molecule has 0 aliphatic rings. The second-order valence-corrected chi connectivity index (χ2v) is 7.64. The summed E-state index contributed by atoms with van der Waals surface area (Å²) < 4.78 is 96.6. The standard InChI is InChI=1S/C15H11BrF5NO4S/c16-10-3-6-13(12(7-10)26-15(19,20)21)27(23,24)22-8-9-1-4-11(5-2-9)25-14(17)18/h1-7,14,22H,8H2. The fourth-order valence-corrected chi connectivity index (χ4v) is 3.42. The second-order valence-electron chi connectivity index (χ2n) is 4.99. The molecule has 2 aromatic rings. The van der Waals surface area contributed by atoms with Gasteiger partial charge in [0, 0.05) is 11.0 Å². The molecule has 0 radical (unpaired) electrons. The third-order valence-corrected chi connectivity index (χ3v) is 4.97. The molecule has 0 spiro atoms. The molecule has 12 heteroatoms. The molecule has 0 amide bonds. The van der Waals surface area contributed by atoms with Crippen molar-refractivity contribution < 1.29 is 39.8 Å². The van der Waals surface area contributed by atoms with E-state index in [1.54, 1.807) is 0 Å². The lowest BCUT2D eigenvalue weighted by molar-refractivity contribution is -0.275. The summed E-state index contributed by atoms with van der Waals surface area (Å²) in [6, 6.07) is 8.13. The highest BCUT2D eigenvalue weighted by Gasteiger charge is 2.34. The van der Waals surface area contributed by atoms with Crippen molar-refractivity contribution in [3.8, 4) is 11.5 Å². The molecule has 1 N–H and O–H groups in total. The van der Waals surface area contributed by atoms with E-state index in [9.17, 15) is 30.4 Å². The van der Waals surface area contributed by atoms with Gasteiger partial charge in [0.15, 0.2) is 5.75 Å². The van der Waals surface area contributed by atoms with Crippen LogP contribution in [0, 0.1) is 0 Å². The predicted octanol–water partition coefficient (Wildman–Crippen LogP) is 4.43. The van der Waals surface area contributed by atoms with E-state index in [-0.39, 0.29) is 16.8 Å². The fraction of sp³-hybridized carbons (Fsp3) is 0.200. The van der Waals surface area contributed by atoms with Crippen LogP contribution in [0.3, 0.4) is 0 Å². The van der Waals surface area contributed by atoms with E-state index in [4.69, 9.17) is 0 Å². The molecule has 2 rings (SSSR count). The Kier molecular flexibility index (Phi) is 6.65. The molecule has 148 valence electrons. The van der Waals surface area contributed by atoms with Crippen LogP contribution < -0.4 is 14.2 Å². The first kappa shape index (κ1) is 21.4. The van der Waals surface area contributed by atoms with E-state index >= 15 is 0 Å². The predicted molar refractivity (Wildman–Crippen MR) is 87.9 cm³/mol. The summed E-state index contributed by atoms with van der Waals surface area (Å²) >= 11 is 2.94. The van der Waals surface area contributed by atoms with Crippen molar-refractivity contribution in [1.82, 2.24) is 4.72 Å². The maximum atomic E-state index is 12.5. The minimum Gasteiger partial charge on any atom is -0.435 e. The summed E-state index contributed by atoms with van der Waals surface area (Å²) in [7, 11) is -4.35. The molecule has 0 heterocycles. The van der Waals surface area contributed by atoms with Crippen molar-refractivity contribution in [2.45, 2.75) is 24.4 Å². The number of sulfonamides is 1. The van der Waals surface area contributed by atoms with Crippen LogP contribution in [-0.2, 0) is 16.6 Å². The van der Waals surface area contributed by atoms with Crippen LogP contribution in [0.2, 0.25) is 0 Å². The molecule has 2 aromatic carbocycles. The number of halogens is 6. The largest absolute Gasteiger partial charge is 0.573 e. The maximum Gasteiger partial charge on any atom is 0.573 e. The van der Waals surface area contributed by atoms with E-state index in [0.717, 1.165) is 12.1 Å². The minimum atomic E-state index is -5.08. The van der Waals surface area contributed by atoms with E-state index in [1.165, 1.54) is 30.3 Å². The van der Waals surface area contributed by atoms with Gasteiger partial charge in [0.25, 0.3) is 0 Å². The zero-order chi connectivity index (χ0) is 20.2. The van der Waals surface area contributed by atoms with Gasteiger partial charge in [-0.3, -0.25) is 0 Å². The molecule has 0 unspecified atom stereocenters. The Morgan fingerprint density at radius 3 is 2.26 bits per heavy atom. The van der Waals surface area contributed by atoms with Gasteiger partial charge in [-0.15, -0.1) is 13.2 Å². The summed E-state index contributed by atoms with van der Waals surface area (Å²) in [5.74, 6) is -1.02. The summed E-state index contributed by atoms with van der Waals surface area (Å²) in [6.07, 6.45) is -5.08. The van der Waals surface area contributed by atoms with Crippen molar-refractivity contribution >= 4 is 26.0 Å². The Hall–Kier alpha value is -1.92. The summed E-state index contributed by atoms with van der Waals surface area (Å²) in [4.78, 5) is -0.708. The monoisotopic (exact) mass is 475 g/mol. The maximum absolute atomic E-state index is 12.5. The fourth-order valence-electron chi connectivity index (χ4n) is 1.95. The number of rotatable bonds is 7. The van der Waals surface area contributed by atoms with Crippen molar-refractivity contribution in [2.75, 3.05) is 0 Å². The molecule has 0 aliphatic heterocycles. The number of hydrogen-bond acceptors (Lipinski definition) is 4. The summed E-state index contributed by atoms with van der Waals surface area (Å²) in [5, 5.41) is 0. The quantitative estimate of drug-likeness (QED) is 0.601. The lowest BCUT2D eigenvalue weighted by Gasteiger charge is -2.14. The first-order valence-electron chi connectivity index (χ1n) is 7.05. The van der Waals surface area contributed by atoms with Crippen LogP contribution in [0.15, 0.2) is 51.8 Å².